The number of hydrogen-bond donors (Lipinski definition) is 3. The third kappa shape index (κ3) is 5.52. The quantitative estimate of drug-likeness (QED) is 0.290. The number of nitrogens with zero attached hydrogens (tertiary/aromatic N) is 3. The maximum absolute atomic E-state index is 13.9. The second kappa shape index (κ2) is 10.7. The van der Waals surface area contributed by atoms with Gasteiger partial charge in [-0.1, -0.05) is 23.4 Å². The van der Waals surface area contributed by atoms with Gasteiger partial charge in [0.15, 0.2) is 17.5 Å². The van der Waals surface area contributed by atoms with Gasteiger partial charge in [-0.2, -0.15) is 0 Å². The third-order valence-electron chi connectivity index (χ3n) is 5.66. The molecular weight excluding hydrogens is 450 g/mol. The Labute approximate surface area is 203 Å². The van der Waals surface area contributed by atoms with Crippen molar-refractivity contribution >= 4 is 11.5 Å². The predicted molar refractivity (Wildman–Crippen MR) is 132 cm³/mol. The first-order valence-corrected chi connectivity index (χ1v) is 11.4. The van der Waals surface area contributed by atoms with E-state index in [4.69, 9.17) is 14.5 Å². The minimum atomic E-state index is -0.939. The van der Waals surface area contributed by atoms with Gasteiger partial charge >= 0.3 is 0 Å². The molecule has 7 nitrogen and oxygen atoms in total. The average molecular weight is 479 g/mol. The summed E-state index contributed by atoms with van der Waals surface area (Å²) >= 11 is 0. The summed E-state index contributed by atoms with van der Waals surface area (Å²) in [5.74, 6) is -0.239. The number of aromatic nitrogens is 3. The molecule has 0 spiro atoms. The van der Waals surface area contributed by atoms with E-state index in [1.807, 2.05) is 52.1 Å². The lowest BCUT2D eigenvalue weighted by molar-refractivity contribution is 0.393. The number of benzene rings is 2. The van der Waals surface area contributed by atoms with E-state index in [0.29, 0.717) is 41.0 Å². The Morgan fingerprint density at radius 2 is 1.77 bits per heavy atom. The van der Waals surface area contributed by atoms with Crippen LogP contribution in [0.5, 0.6) is 0 Å². The molecule has 0 aliphatic carbocycles. The molecule has 0 bridgehead atoms. The fourth-order valence-corrected chi connectivity index (χ4v) is 3.81. The van der Waals surface area contributed by atoms with Crippen molar-refractivity contribution in [2.24, 2.45) is 0 Å². The van der Waals surface area contributed by atoms with Crippen LogP contribution in [-0.4, -0.2) is 35.3 Å². The highest BCUT2D eigenvalue weighted by Crippen LogP contribution is 2.34. The van der Waals surface area contributed by atoms with Gasteiger partial charge in [-0.05, 0) is 51.6 Å². The minimum Gasteiger partial charge on any atom is -0.361 e. The minimum absolute atomic E-state index is 0.379. The first-order valence-electron chi connectivity index (χ1n) is 11.4. The molecule has 9 heteroatoms. The maximum atomic E-state index is 13.9. The van der Waals surface area contributed by atoms with Crippen LogP contribution in [0.3, 0.4) is 0 Å². The molecule has 2 aromatic heterocycles. The third-order valence-corrected chi connectivity index (χ3v) is 5.66. The molecule has 0 amide bonds. The van der Waals surface area contributed by atoms with E-state index in [1.165, 1.54) is 6.07 Å². The second-order valence-electron chi connectivity index (χ2n) is 8.30. The Morgan fingerprint density at radius 3 is 2.49 bits per heavy atom. The highest BCUT2D eigenvalue weighted by atomic mass is 19.2. The van der Waals surface area contributed by atoms with Crippen LogP contribution >= 0.6 is 0 Å². The highest BCUT2D eigenvalue weighted by Gasteiger charge is 2.20. The summed E-state index contributed by atoms with van der Waals surface area (Å²) in [6.45, 7) is 7.98. The molecule has 4 aromatic rings. The Bertz CT molecular complexity index is 1320. The van der Waals surface area contributed by atoms with Crippen molar-refractivity contribution in [3.8, 4) is 22.6 Å². The summed E-state index contributed by atoms with van der Waals surface area (Å²) in [6, 6.07) is 11.6. The molecule has 2 aromatic carbocycles. The summed E-state index contributed by atoms with van der Waals surface area (Å²) < 4.78 is 32.7. The molecule has 182 valence electrons. The number of halogens is 2. The normalized spacial score (nSPS) is 11.1. The zero-order chi connectivity index (χ0) is 24.9. The molecule has 2 heterocycles. The van der Waals surface area contributed by atoms with Gasteiger partial charge in [0, 0.05) is 42.5 Å². The van der Waals surface area contributed by atoms with E-state index < -0.39 is 11.6 Å². The Morgan fingerprint density at radius 1 is 0.943 bits per heavy atom. The molecule has 0 unspecified atom stereocenters. The monoisotopic (exact) mass is 478 g/mol. The van der Waals surface area contributed by atoms with Crippen LogP contribution in [0.4, 0.5) is 20.3 Å². The fraction of sp³-hybridized carbons (Fsp3) is 0.269. The molecule has 3 N–H and O–H groups in total. The van der Waals surface area contributed by atoms with E-state index in [9.17, 15) is 8.78 Å². The van der Waals surface area contributed by atoms with Crippen LogP contribution in [0.2, 0.25) is 0 Å². The first kappa shape index (κ1) is 24.4. The van der Waals surface area contributed by atoms with Gasteiger partial charge in [0.2, 0.25) is 0 Å². The summed E-state index contributed by atoms with van der Waals surface area (Å²) in [7, 11) is 1.92. The summed E-state index contributed by atoms with van der Waals surface area (Å²) in [5, 5.41) is 13.7. The Balaban J connectivity index is 1.78. The highest BCUT2D eigenvalue weighted by molar-refractivity contribution is 5.76. The molecular formula is C26H28F2N6O. The van der Waals surface area contributed by atoms with Crippen molar-refractivity contribution in [2.45, 2.75) is 27.3 Å². The topological polar surface area (TPSA) is 87.9 Å². The molecule has 0 atom stereocenters. The van der Waals surface area contributed by atoms with Gasteiger partial charge in [-0.3, -0.25) is 0 Å². The van der Waals surface area contributed by atoms with Crippen LogP contribution in [0.1, 0.15) is 22.6 Å². The first-order chi connectivity index (χ1) is 16.9. The molecule has 0 saturated heterocycles. The molecule has 0 saturated carbocycles. The van der Waals surface area contributed by atoms with Gasteiger partial charge in [0.1, 0.15) is 11.6 Å². The van der Waals surface area contributed by atoms with Crippen molar-refractivity contribution < 1.29 is 13.3 Å². The number of hydrogen-bond acceptors (Lipinski definition) is 7. The lowest BCUT2D eigenvalue weighted by atomic mass is 10.0. The molecule has 0 fully saturated rings. The van der Waals surface area contributed by atoms with E-state index in [1.54, 1.807) is 0 Å². The number of nitrogens with one attached hydrogen (secondary N) is 3. The summed E-state index contributed by atoms with van der Waals surface area (Å²) in [6.07, 6.45) is 0. The number of aryl methyl sites for hydroxylation is 2. The Hall–Kier alpha value is -3.69. The zero-order valence-corrected chi connectivity index (χ0v) is 20.2. The van der Waals surface area contributed by atoms with Crippen molar-refractivity contribution in [1.29, 1.82) is 0 Å². The standard InChI is InChI=1S/C26H28F2N6O/c1-15-24(23-16(2)34-35-17(23)3)32-26(19-7-5-6-18(12-19)14-30-11-10-29-4)33-25(15)31-20-8-9-21(27)22(28)13-20/h5-9,12-13,29-30H,10-11,14H2,1-4H3,(H,31,32,33). The molecule has 4 rings (SSSR count). The van der Waals surface area contributed by atoms with E-state index >= 15 is 0 Å². The van der Waals surface area contributed by atoms with Crippen molar-refractivity contribution in [3.05, 3.63) is 76.7 Å². The second-order valence-corrected chi connectivity index (χ2v) is 8.30. The van der Waals surface area contributed by atoms with Gasteiger partial charge in [-0.25, -0.2) is 18.7 Å². The lowest BCUT2D eigenvalue weighted by Gasteiger charge is -2.15. The van der Waals surface area contributed by atoms with Crippen LogP contribution in [-0.2, 0) is 6.54 Å². The summed E-state index contributed by atoms with van der Waals surface area (Å²) in [5.41, 5.74) is 5.19. The summed E-state index contributed by atoms with van der Waals surface area (Å²) in [4.78, 5) is 9.63. The molecule has 0 aliphatic rings. The van der Waals surface area contributed by atoms with Crippen molar-refractivity contribution in [2.75, 3.05) is 25.5 Å². The van der Waals surface area contributed by atoms with E-state index in [2.05, 4.69) is 21.1 Å². The van der Waals surface area contributed by atoms with E-state index in [-0.39, 0.29) is 0 Å². The van der Waals surface area contributed by atoms with Crippen LogP contribution in [0, 0.1) is 32.4 Å². The zero-order valence-electron chi connectivity index (χ0n) is 20.2. The SMILES string of the molecule is CNCCNCc1cccc(-c2nc(Nc3ccc(F)c(F)c3)c(C)c(-c3c(C)noc3C)n2)c1. The molecule has 35 heavy (non-hydrogen) atoms. The number of rotatable bonds is 9. The largest absolute Gasteiger partial charge is 0.361 e. The van der Waals surface area contributed by atoms with Crippen molar-refractivity contribution in [3.63, 3.8) is 0 Å². The van der Waals surface area contributed by atoms with Crippen LogP contribution in [0.15, 0.2) is 47.0 Å². The molecule has 0 aliphatic heterocycles. The maximum Gasteiger partial charge on any atom is 0.162 e. The average Bonchev–Trinajstić information content (AvgIpc) is 3.18. The van der Waals surface area contributed by atoms with Gasteiger partial charge in [0.25, 0.3) is 0 Å². The number of likely N-dealkylation sites (N-methyl/N-ethyl adjacent to an activating group) is 1. The Kier molecular flexibility index (Phi) is 7.48. The van der Waals surface area contributed by atoms with E-state index in [0.717, 1.165) is 47.5 Å². The van der Waals surface area contributed by atoms with Gasteiger partial charge in [-0.15, -0.1) is 0 Å². The van der Waals surface area contributed by atoms with Gasteiger partial charge in [0.05, 0.1) is 17.0 Å². The fourth-order valence-electron chi connectivity index (χ4n) is 3.81. The van der Waals surface area contributed by atoms with Crippen molar-refractivity contribution in [1.82, 2.24) is 25.8 Å². The predicted octanol–water partition coefficient (Wildman–Crippen LogP) is 5.05. The molecule has 0 radical (unpaired) electrons. The van der Waals surface area contributed by atoms with Gasteiger partial charge < -0.3 is 20.5 Å². The van der Waals surface area contributed by atoms with Crippen LogP contribution in [0.25, 0.3) is 22.6 Å². The number of anilines is 2. The lowest BCUT2D eigenvalue weighted by Crippen LogP contribution is -2.24. The van der Waals surface area contributed by atoms with Crippen LogP contribution < -0.4 is 16.0 Å². The smallest absolute Gasteiger partial charge is 0.162 e.